The van der Waals surface area contributed by atoms with E-state index in [9.17, 15) is 0 Å². The molecule has 0 bridgehead atoms. The van der Waals surface area contributed by atoms with E-state index >= 15 is 0 Å². The van der Waals surface area contributed by atoms with Crippen LogP contribution in [0.25, 0.3) is 88.3 Å². The molecule has 4 aromatic heterocycles. The predicted molar refractivity (Wildman–Crippen MR) is 269 cm³/mol. The maximum Gasteiger partial charge on any atom is 0.179 e. The summed E-state index contributed by atoms with van der Waals surface area (Å²) in [5, 5.41) is 12.3. The second-order valence-electron chi connectivity index (χ2n) is 16.7. The molecule has 4 nitrogen and oxygen atoms in total. The Morgan fingerprint density at radius 2 is 0.719 bits per heavy atom. The lowest BCUT2D eigenvalue weighted by atomic mass is 10.1. The Morgan fingerprint density at radius 1 is 0.297 bits per heavy atom. The van der Waals surface area contributed by atoms with Crippen molar-refractivity contribution in [3.8, 4) is 22.8 Å². The van der Waals surface area contributed by atoms with Gasteiger partial charge in [-0.3, -0.25) is 9.13 Å². The van der Waals surface area contributed by atoms with Crippen LogP contribution in [-0.4, -0.2) is 22.2 Å². The Kier molecular flexibility index (Phi) is 8.20. The first-order valence-electron chi connectivity index (χ1n) is 21.9. The highest BCUT2D eigenvalue weighted by Crippen LogP contribution is 2.37. The molecule has 0 fully saturated rings. The molecule has 0 atom stereocenters. The van der Waals surface area contributed by atoms with Gasteiger partial charge in [0.25, 0.3) is 0 Å². The number of fused-ring (bicyclic) bond motifs is 9. The topological polar surface area (TPSA) is 35.9 Å². The molecule has 0 saturated heterocycles. The molecule has 0 aliphatic rings. The van der Waals surface area contributed by atoms with Gasteiger partial charge in [0.2, 0.25) is 0 Å². The molecule has 0 radical (unpaired) electrons. The molecule has 0 aliphatic heterocycles. The molecule has 13 aromatic rings. The minimum atomic E-state index is -2.99. The fourth-order valence-electron chi connectivity index (χ4n) is 10.5. The number of aromatic nitrogens is 3. The van der Waals surface area contributed by atoms with Crippen molar-refractivity contribution in [2.45, 2.75) is 0 Å². The molecular formula is C59H39N3OSi. The predicted octanol–water partition coefficient (Wildman–Crippen LogP) is 12.2. The van der Waals surface area contributed by atoms with E-state index in [2.05, 4.69) is 240 Å². The van der Waals surface area contributed by atoms with E-state index in [1.165, 1.54) is 42.3 Å². The van der Waals surface area contributed by atoms with Crippen LogP contribution < -0.4 is 20.7 Å². The van der Waals surface area contributed by atoms with Crippen molar-refractivity contribution in [2.75, 3.05) is 0 Å². The molecule has 0 amide bonds. The van der Waals surface area contributed by atoms with Gasteiger partial charge in [0.05, 0.1) is 22.1 Å². The van der Waals surface area contributed by atoms with E-state index in [0.717, 1.165) is 66.8 Å². The fourth-order valence-corrected chi connectivity index (χ4v) is 15.3. The van der Waals surface area contributed by atoms with Gasteiger partial charge in [-0.2, -0.15) is 0 Å². The number of benzene rings is 9. The molecule has 9 aromatic carbocycles. The Hall–Kier alpha value is -8.25. The van der Waals surface area contributed by atoms with Crippen LogP contribution in [0.2, 0.25) is 0 Å². The Labute approximate surface area is 370 Å². The third-order valence-electron chi connectivity index (χ3n) is 13.3. The molecule has 0 saturated carbocycles. The number of rotatable bonds is 7. The first-order valence-corrected chi connectivity index (χ1v) is 23.9. The molecule has 4 heterocycles. The third-order valence-corrected chi connectivity index (χ3v) is 18.0. The van der Waals surface area contributed by atoms with E-state index in [1.54, 1.807) is 0 Å². The van der Waals surface area contributed by atoms with Gasteiger partial charge < -0.3 is 4.42 Å². The van der Waals surface area contributed by atoms with Crippen molar-refractivity contribution in [3.05, 3.63) is 237 Å². The van der Waals surface area contributed by atoms with E-state index in [-0.39, 0.29) is 0 Å². The summed E-state index contributed by atoms with van der Waals surface area (Å²) < 4.78 is 11.1. The lowest BCUT2D eigenvalue weighted by molar-refractivity contribution is 0.669. The van der Waals surface area contributed by atoms with Crippen molar-refractivity contribution in [3.63, 3.8) is 0 Å². The quantitative estimate of drug-likeness (QED) is 0.118. The number of furan rings is 1. The molecule has 64 heavy (non-hydrogen) atoms. The van der Waals surface area contributed by atoms with Crippen LogP contribution in [-0.2, 0) is 0 Å². The van der Waals surface area contributed by atoms with Crippen molar-refractivity contribution in [1.29, 1.82) is 0 Å². The summed E-state index contributed by atoms with van der Waals surface area (Å²) in [6.45, 7) is 0. The maximum atomic E-state index is 6.41. The normalized spacial score (nSPS) is 12.1. The molecule has 5 heteroatoms. The van der Waals surface area contributed by atoms with Gasteiger partial charge in [-0.25, -0.2) is 4.98 Å². The minimum absolute atomic E-state index is 0.865. The van der Waals surface area contributed by atoms with E-state index in [0.29, 0.717) is 0 Å². The summed E-state index contributed by atoms with van der Waals surface area (Å²) in [6.07, 6.45) is 0. The molecule has 300 valence electrons. The molecular weight excluding hydrogens is 795 g/mol. The molecule has 0 spiro atoms. The SMILES string of the molecule is c1ccc([Si](c2ccccc2)(c2cccc(-c3cc(-n4c5ccccc5c5ccccc54)nc(-n4c5ccccc5c5ccccc54)c3)c2)c2ccc3oc4ccccc4c3c2)cc1. The number of nitrogens with zero attached hydrogens (tertiary/aromatic N) is 3. The summed E-state index contributed by atoms with van der Waals surface area (Å²) in [5.74, 6) is 1.73. The number of hydrogen-bond acceptors (Lipinski definition) is 2. The second kappa shape index (κ2) is 14.4. The fraction of sp³-hybridized carbons (Fsp3) is 0. The summed E-state index contributed by atoms with van der Waals surface area (Å²) in [7, 11) is -2.99. The molecule has 0 unspecified atom stereocenters. The van der Waals surface area contributed by atoms with Gasteiger partial charge in [0.1, 0.15) is 22.8 Å². The van der Waals surface area contributed by atoms with Gasteiger partial charge in [-0.15, -0.1) is 0 Å². The van der Waals surface area contributed by atoms with Crippen molar-refractivity contribution < 1.29 is 4.42 Å². The average Bonchev–Trinajstić information content (AvgIpc) is 4.03. The summed E-state index contributed by atoms with van der Waals surface area (Å²) in [5.41, 5.74) is 8.50. The average molecular weight is 834 g/mol. The zero-order valence-electron chi connectivity index (χ0n) is 34.8. The Balaban J connectivity index is 1.11. The Bertz CT molecular complexity index is 3640. The van der Waals surface area contributed by atoms with Gasteiger partial charge in [0, 0.05) is 32.3 Å². The van der Waals surface area contributed by atoms with Crippen LogP contribution in [0.15, 0.2) is 241 Å². The van der Waals surface area contributed by atoms with Gasteiger partial charge >= 0.3 is 0 Å². The van der Waals surface area contributed by atoms with E-state index in [1.807, 2.05) is 6.07 Å². The van der Waals surface area contributed by atoms with Gasteiger partial charge in [-0.05, 0) is 80.4 Å². The highest BCUT2D eigenvalue weighted by Gasteiger charge is 2.42. The molecule has 13 rings (SSSR count). The minimum Gasteiger partial charge on any atom is -0.456 e. The van der Waals surface area contributed by atoms with Gasteiger partial charge in [0.15, 0.2) is 8.07 Å². The lowest BCUT2D eigenvalue weighted by Crippen LogP contribution is -2.74. The summed E-state index contributed by atoms with van der Waals surface area (Å²) in [6, 6.07) is 86.3. The maximum absolute atomic E-state index is 6.41. The monoisotopic (exact) mass is 833 g/mol. The zero-order valence-corrected chi connectivity index (χ0v) is 35.8. The van der Waals surface area contributed by atoms with E-state index in [4.69, 9.17) is 9.40 Å². The van der Waals surface area contributed by atoms with Crippen LogP contribution in [0, 0.1) is 0 Å². The molecule has 0 aliphatic carbocycles. The number of para-hydroxylation sites is 5. The van der Waals surface area contributed by atoms with Crippen LogP contribution >= 0.6 is 0 Å². The lowest BCUT2D eigenvalue weighted by Gasteiger charge is -2.34. The van der Waals surface area contributed by atoms with Crippen molar-refractivity contribution in [2.24, 2.45) is 0 Å². The van der Waals surface area contributed by atoms with Crippen molar-refractivity contribution in [1.82, 2.24) is 14.1 Å². The second-order valence-corrected chi connectivity index (χ2v) is 20.5. The highest BCUT2D eigenvalue weighted by molar-refractivity contribution is 7.20. The van der Waals surface area contributed by atoms with Crippen LogP contribution in [0.5, 0.6) is 0 Å². The van der Waals surface area contributed by atoms with Crippen molar-refractivity contribution >= 4 is 94.4 Å². The first kappa shape index (κ1) is 36.4. The first-order chi connectivity index (χ1) is 31.7. The van der Waals surface area contributed by atoms with Crippen LogP contribution in [0.1, 0.15) is 0 Å². The standard InChI is InChI=1S/C59H39N3OSi/c1-3-19-42(20-4-1)64(43-21-5-2-6-22-43,45-34-35-57-51(39-45)50-28-11-16-33-56(50)63-57)44-23-17-18-40(36-44)41-37-58(61-52-29-12-7-24-46(52)47-25-8-13-30-53(47)61)60-59(38-41)62-54-31-14-9-26-48(54)49-27-10-15-32-55(49)62/h1-39H. The van der Waals surface area contributed by atoms with Crippen LogP contribution in [0.4, 0.5) is 0 Å². The van der Waals surface area contributed by atoms with E-state index < -0.39 is 8.07 Å². The number of pyridine rings is 1. The Morgan fingerprint density at radius 3 is 1.25 bits per heavy atom. The smallest absolute Gasteiger partial charge is 0.179 e. The summed E-state index contributed by atoms with van der Waals surface area (Å²) >= 11 is 0. The zero-order chi connectivity index (χ0) is 42.2. The third kappa shape index (κ3) is 5.44. The van der Waals surface area contributed by atoms with Crippen LogP contribution in [0.3, 0.4) is 0 Å². The number of hydrogen-bond donors (Lipinski definition) is 0. The summed E-state index contributed by atoms with van der Waals surface area (Å²) in [4.78, 5) is 5.63. The molecule has 0 N–H and O–H groups in total. The highest BCUT2D eigenvalue weighted by atomic mass is 28.3. The largest absolute Gasteiger partial charge is 0.456 e. The van der Waals surface area contributed by atoms with Gasteiger partial charge in [-0.1, -0.05) is 188 Å².